The van der Waals surface area contributed by atoms with E-state index in [1.165, 1.54) is 9.75 Å². The number of aryl methyl sites for hydroxylation is 1. The summed E-state index contributed by atoms with van der Waals surface area (Å²) in [5.41, 5.74) is 0. The quantitative estimate of drug-likeness (QED) is 0.922. The van der Waals surface area contributed by atoms with Gasteiger partial charge in [-0.1, -0.05) is 6.92 Å². The number of nitrogens with one attached hydrogen (secondary N) is 1. The van der Waals surface area contributed by atoms with Crippen LogP contribution in [0.15, 0.2) is 12.1 Å². The molecule has 0 bridgehead atoms. The van der Waals surface area contributed by atoms with Gasteiger partial charge in [-0.25, -0.2) is 0 Å². The van der Waals surface area contributed by atoms with Gasteiger partial charge in [0.15, 0.2) is 0 Å². The second-order valence-corrected chi connectivity index (χ2v) is 6.29. The first-order chi connectivity index (χ1) is 8.08. The van der Waals surface area contributed by atoms with Crippen LogP contribution in [0, 0.1) is 18.8 Å². The van der Waals surface area contributed by atoms with E-state index in [-0.39, 0.29) is 24.2 Å². The van der Waals surface area contributed by atoms with Crippen molar-refractivity contribution in [2.45, 2.75) is 20.4 Å². The molecule has 1 aliphatic heterocycles. The van der Waals surface area contributed by atoms with E-state index in [0.717, 1.165) is 19.6 Å². The molecule has 0 saturated carbocycles. The molecule has 1 atom stereocenters. The fourth-order valence-electron chi connectivity index (χ4n) is 2.10. The summed E-state index contributed by atoms with van der Waals surface area (Å²) in [6.45, 7) is 6.85. The Hall–Kier alpha value is -0.580. The van der Waals surface area contributed by atoms with Crippen molar-refractivity contribution in [1.82, 2.24) is 10.2 Å². The smallest absolute Gasteiger partial charge is 0.225 e. The molecule has 18 heavy (non-hydrogen) atoms. The molecule has 0 aromatic carbocycles. The minimum atomic E-state index is 0. The van der Waals surface area contributed by atoms with Crippen molar-refractivity contribution in [2.75, 3.05) is 20.1 Å². The van der Waals surface area contributed by atoms with Gasteiger partial charge in [0.1, 0.15) is 0 Å². The lowest BCUT2D eigenvalue weighted by atomic mass is 9.88. The summed E-state index contributed by atoms with van der Waals surface area (Å²) in [7, 11) is 1.90. The van der Waals surface area contributed by atoms with E-state index >= 15 is 0 Å². The standard InChI is InChI=1S/C13H20N2OS.ClH/c1-9-4-5-12(17-9)8-15(3)13(16)10(2)11-6-14-7-11;/h4-5,10-11,14H,6-8H2,1-3H3;1H. The molecule has 0 radical (unpaired) electrons. The van der Waals surface area contributed by atoms with Gasteiger partial charge in [0.2, 0.25) is 5.91 Å². The molecule has 2 heterocycles. The molecule has 1 aromatic heterocycles. The normalized spacial score (nSPS) is 16.6. The van der Waals surface area contributed by atoms with Crippen LogP contribution in [0.3, 0.4) is 0 Å². The summed E-state index contributed by atoms with van der Waals surface area (Å²) in [6, 6.07) is 4.22. The van der Waals surface area contributed by atoms with Gasteiger partial charge in [-0.05, 0) is 38.1 Å². The Kier molecular flexibility index (Phi) is 5.63. The summed E-state index contributed by atoms with van der Waals surface area (Å²) >= 11 is 1.77. The summed E-state index contributed by atoms with van der Waals surface area (Å²) in [5, 5.41) is 3.22. The maximum atomic E-state index is 12.2. The lowest BCUT2D eigenvalue weighted by Crippen LogP contribution is -2.49. The van der Waals surface area contributed by atoms with E-state index in [0.29, 0.717) is 5.92 Å². The van der Waals surface area contributed by atoms with Crippen LogP contribution in [0.2, 0.25) is 0 Å². The molecule has 5 heteroatoms. The molecule has 102 valence electrons. The molecule has 1 aromatic rings. The average molecular weight is 289 g/mol. The largest absolute Gasteiger partial charge is 0.340 e. The van der Waals surface area contributed by atoms with Crippen molar-refractivity contribution >= 4 is 29.7 Å². The van der Waals surface area contributed by atoms with E-state index in [1.54, 1.807) is 11.3 Å². The van der Waals surface area contributed by atoms with Crippen LogP contribution < -0.4 is 5.32 Å². The van der Waals surface area contributed by atoms with Crippen LogP contribution in [0.4, 0.5) is 0 Å². The molecule has 0 spiro atoms. The van der Waals surface area contributed by atoms with Gasteiger partial charge in [-0.2, -0.15) is 0 Å². The monoisotopic (exact) mass is 288 g/mol. The predicted molar refractivity (Wildman–Crippen MR) is 78.3 cm³/mol. The fraction of sp³-hybridized carbons (Fsp3) is 0.615. The highest BCUT2D eigenvalue weighted by Gasteiger charge is 2.30. The SMILES string of the molecule is Cc1ccc(CN(C)C(=O)C(C)C2CNC2)s1.Cl. The summed E-state index contributed by atoms with van der Waals surface area (Å²) in [4.78, 5) is 16.6. The van der Waals surface area contributed by atoms with Crippen LogP contribution in [0.1, 0.15) is 16.7 Å². The second-order valence-electron chi connectivity index (χ2n) is 4.91. The number of hydrogen-bond acceptors (Lipinski definition) is 3. The van der Waals surface area contributed by atoms with Gasteiger partial charge in [0.25, 0.3) is 0 Å². The first-order valence-corrected chi connectivity index (χ1v) is 6.90. The lowest BCUT2D eigenvalue weighted by molar-refractivity contribution is -0.136. The molecule has 0 aliphatic carbocycles. The number of halogens is 1. The maximum absolute atomic E-state index is 12.2. The number of carbonyl (C=O) groups is 1. The van der Waals surface area contributed by atoms with Gasteiger partial charge < -0.3 is 10.2 Å². The Labute approximate surface area is 119 Å². The Balaban J connectivity index is 0.00000162. The highest BCUT2D eigenvalue weighted by molar-refractivity contribution is 7.11. The first-order valence-electron chi connectivity index (χ1n) is 6.09. The van der Waals surface area contributed by atoms with Gasteiger partial charge in [-0.15, -0.1) is 23.7 Å². The van der Waals surface area contributed by atoms with Crippen LogP contribution >= 0.6 is 23.7 Å². The van der Waals surface area contributed by atoms with E-state index in [1.807, 2.05) is 18.9 Å². The number of nitrogens with zero attached hydrogens (tertiary/aromatic N) is 1. The van der Waals surface area contributed by atoms with Crippen molar-refractivity contribution < 1.29 is 4.79 Å². The van der Waals surface area contributed by atoms with E-state index in [9.17, 15) is 4.79 Å². The molecule has 1 N–H and O–H groups in total. The Morgan fingerprint density at radius 3 is 2.67 bits per heavy atom. The van der Waals surface area contributed by atoms with Crippen molar-refractivity contribution in [3.8, 4) is 0 Å². The van der Waals surface area contributed by atoms with Crippen LogP contribution in [-0.2, 0) is 11.3 Å². The number of thiophene rings is 1. The summed E-state index contributed by atoms with van der Waals surface area (Å²) in [5.74, 6) is 0.930. The van der Waals surface area contributed by atoms with Gasteiger partial charge in [0.05, 0.1) is 6.54 Å². The molecule has 1 unspecified atom stereocenters. The zero-order valence-electron chi connectivity index (χ0n) is 11.1. The van der Waals surface area contributed by atoms with Crippen molar-refractivity contribution in [3.05, 3.63) is 21.9 Å². The van der Waals surface area contributed by atoms with Crippen LogP contribution in [-0.4, -0.2) is 30.9 Å². The molecule has 1 fully saturated rings. The maximum Gasteiger partial charge on any atom is 0.225 e. The van der Waals surface area contributed by atoms with E-state index in [2.05, 4.69) is 24.4 Å². The third-order valence-corrected chi connectivity index (χ3v) is 4.46. The van der Waals surface area contributed by atoms with Gasteiger partial charge in [0, 0.05) is 22.7 Å². The Morgan fingerprint density at radius 2 is 2.22 bits per heavy atom. The minimum absolute atomic E-state index is 0. The highest BCUT2D eigenvalue weighted by Crippen LogP contribution is 2.21. The number of carbonyl (C=O) groups excluding carboxylic acids is 1. The number of amides is 1. The van der Waals surface area contributed by atoms with E-state index < -0.39 is 0 Å². The summed E-state index contributed by atoms with van der Waals surface area (Å²) in [6.07, 6.45) is 0. The third-order valence-electron chi connectivity index (χ3n) is 3.47. The average Bonchev–Trinajstić information content (AvgIpc) is 2.60. The van der Waals surface area contributed by atoms with Gasteiger partial charge >= 0.3 is 0 Å². The Morgan fingerprint density at radius 1 is 1.56 bits per heavy atom. The number of rotatable bonds is 4. The van der Waals surface area contributed by atoms with Crippen LogP contribution in [0.5, 0.6) is 0 Å². The lowest BCUT2D eigenvalue weighted by Gasteiger charge is -2.33. The van der Waals surface area contributed by atoms with Crippen LogP contribution in [0.25, 0.3) is 0 Å². The molecular weight excluding hydrogens is 268 g/mol. The molecule has 2 rings (SSSR count). The third kappa shape index (κ3) is 3.46. The first kappa shape index (κ1) is 15.5. The fourth-order valence-corrected chi connectivity index (χ4v) is 3.04. The second kappa shape index (κ2) is 6.55. The molecule has 1 amide bonds. The van der Waals surface area contributed by atoms with E-state index in [4.69, 9.17) is 0 Å². The topological polar surface area (TPSA) is 32.3 Å². The van der Waals surface area contributed by atoms with Crippen molar-refractivity contribution in [3.63, 3.8) is 0 Å². The highest BCUT2D eigenvalue weighted by atomic mass is 35.5. The zero-order valence-corrected chi connectivity index (χ0v) is 12.7. The molecular formula is C13H21ClN2OS. The van der Waals surface area contributed by atoms with Gasteiger partial charge in [-0.3, -0.25) is 4.79 Å². The minimum Gasteiger partial charge on any atom is -0.340 e. The van der Waals surface area contributed by atoms with Crippen molar-refractivity contribution in [2.24, 2.45) is 11.8 Å². The predicted octanol–water partition coefficient (Wildman–Crippen LogP) is 2.29. The molecule has 1 saturated heterocycles. The Bertz CT molecular complexity index is 403. The number of hydrogen-bond donors (Lipinski definition) is 1. The zero-order chi connectivity index (χ0) is 12.4. The summed E-state index contributed by atoms with van der Waals surface area (Å²) < 4.78 is 0. The van der Waals surface area contributed by atoms with Crippen molar-refractivity contribution in [1.29, 1.82) is 0 Å². The molecule has 1 aliphatic rings. The molecule has 3 nitrogen and oxygen atoms in total.